The van der Waals surface area contributed by atoms with E-state index >= 15 is 0 Å². The van der Waals surface area contributed by atoms with Gasteiger partial charge in [0.1, 0.15) is 0 Å². The molecule has 0 aliphatic carbocycles. The smallest absolute Gasteiger partial charge is 0.373 e. The predicted molar refractivity (Wildman–Crippen MR) is 94.4 cm³/mol. The van der Waals surface area contributed by atoms with Gasteiger partial charge in [0.15, 0.2) is 0 Å². The Morgan fingerprint density at radius 3 is 0.786 bits per heavy atom. The van der Waals surface area contributed by atoms with Crippen molar-refractivity contribution in [3.05, 3.63) is 31.9 Å². The van der Waals surface area contributed by atoms with Crippen molar-refractivity contribution in [3.63, 3.8) is 0 Å². The van der Waals surface area contributed by atoms with Crippen LogP contribution < -0.4 is 21.3 Å². The van der Waals surface area contributed by atoms with E-state index in [1.54, 1.807) is 0 Å². The summed E-state index contributed by atoms with van der Waals surface area (Å²) in [5.74, 6) is 0. The standard InChI is InChI=1S/C10H24N4.F6P.Fe.2N3/c1-3-11-7-9-13-5-2-6-14-10-8-12-4-1;1-7(2,3,4,5)6;;2*1-3-2/h11-14H,1-10H2;;;;/q;-1;+3;2*-1. The molecule has 1 fully saturated rings. The van der Waals surface area contributed by atoms with E-state index in [1.807, 2.05) is 0 Å². The molecule has 0 bridgehead atoms. The van der Waals surface area contributed by atoms with Crippen molar-refractivity contribution in [2.45, 2.75) is 12.8 Å². The van der Waals surface area contributed by atoms with E-state index in [2.05, 4.69) is 21.3 Å². The maximum Gasteiger partial charge on any atom is 3.00 e. The zero-order valence-electron chi connectivity index (χ0n) is 14.8. The second-order valence-electron chi connectivity index (χ2n) is 4.84. The predicted octanol–water partition coefficient (Wildman–Crippen LogP) is 4.25. The first-order chi connectivity index (χ1) is 12.3. The number of hydrogen-bond acceptors (Lipinski definition) is 4. The Bertz CT molecular complexity index is 348. The summed E-state index contributed by atoms with van der Waals surface area (Å²) >= 11 is 0. The zero-order chi connectivity index (χ0) is 21.7. The normalized spacial score (nSPS) is 18.4. The first kappa shape index (κ1) is 34.5. The third kappa shape index (κ3) is 85.2. The van der Waals surface area contributed by atoms with Crippen molar-refractivity contribution >= 4 is 7.81 Å². The van der Waals surface area contributed by atoms with Gasteiger partial charge in [-0.05, 0) is 39.0 Å². The molecule has 0 unspecified atom stereocenters. The summed E-state index contributed by atoms with van der Waals surface area (Å²) in [6.45, 7) is 8.87. The quantitative estimate of drug-likeness (QED) is 0.101. The van der Waals surface area contributed by atoms with Crippen molar-refractivity contribution in [1.82, 2.24) is 21.3 Å². The minimum atomic E-state index is -10.7. The molecule has 0 amide bonds. The van der Waals surface area contributed by atoms with Gasteiger partial charge in [-0.15, -0.1) is 0 Å². The first-order valence-electron chi connectivity index (χ1n) is 7.64. The Balaban J connectivity index is -0.000000173. The maximum absolute atomic E-state index is 10.7. The van der Waals surface area contributed by atoms with Crippen LogP contribution in [-0.4, -0.2) is 52.4 Å². The van der Waals surface area contributed by atoms with Crippen LogP contribution in [0.15, 0.2) is 0 Å². The molecule has 0 saturated carbocycles. The summed E-state index contributed by atoms with van der Waals surface area (Å²) in [5, 5.41) is 13.7. The summed E-state index contributed by atoms with van der Waals surface area (Å²) in [6, 6.07) is 0. The van der Waals surface area contributed by atoms with Crippen LogP contribution in [0.25, 0.3) is 31.9 Å². The van der Waals surface area contributed by atoms with Crippen LogP contribution in [0.5, 0.6) is 0 Å². The van der Waals surface area contributed by atoms with Crippen molar-refractivity contribution in [2.75, 3.05) is 52.4 Å². The molecule has 169 valence electrons. The molecule has 0 aromatic heterocycles. The van der Waals surface area contributed by atoms with Gasteiger partial charge in [0.05, 0.1) is 0 Å². The van der Waals surface area contributed by atoms with Gasteiger partial charge in [0, 0.05) is 26.2 Å². The molecule has 0 aromatic rings. The number of nitrogens with one attached hydrogen (secondary N) is 4. The molecule has 1 rings (SSSR count). The summed E-state index contributed by atoms with van der Waals surface area (Å²) in [4.78, 5) is 3.00. The first-order valence-corrected chi connectivity index (χ1v) is 9.67. The molecule has 28 heavy (non-hydrogen) atoms. The van der Waals surface area contributed by atoms with E-state index in [4.69, 9.17) is 22.1 Å². The van der Waals surface area contributed by atoms with Crippen molar-refractivity contribution in [3.8, 4) is 0 Å². The topological polar surface area (TPSA) is 166 Å². The van der Waals surface area contributed by atoms with Crippen LogP contribution in [-0.2, 0) is 17.1 Å². The van der Waals surface area contributed by atoms with Crippen LogP contribution in [0, 0.1) is 0 Å². The van der Waals surface area contributed by atoms with Crippen molar-refractivity contribution < 1.29 is 42.3 Å². The Morgan fingerprint density at radius 1 is 0.500 bits per heavy atom. The fourth-order valence-corrected chi connectivity index (χ4v) is 1.53. The summed E-state index contributed by atoms with van der Waals surface area (Å²) in [5.41, 5.74) is 27.0. The monoisotopic (exact) mass is 485 g/mol. The molecule has 0 atom stereocenters. The van der Waals surface area contributed by atoms with Gasteiger partial charge in [-0.2, -0.15) is 0 Å². The van der Waals surface area contributed by atoms with Crippen LogP contribution in [0.1, 0.15) is 12.8 Å². The SMILES string of the molecule is C1CNCCNCCCNCCNC1.F[P-](F)(F)(F)(F)F.[Fe+3].[N-]=[N+]=[N-].[N-]=[N+]=[N-]. The molecule has 18 heteroatoms. The molecule has 1 radical (unpaired) electrons. The van der Waals surface area contributed by atoms with E-state index in [-0.39, 0.29) is 17.1 Å². The van der Waals surface area contributed by atoms with Gasteiger partial charge in [-0.25, -0.2) is 0 Å². The number of nitrogens with zero attached hydrogens (tertiary/aromatic N) is 6. The average Bonchev–Trinajstić information content (AvgIpc) is 2.48. The Kier molecular flexibility index (Phi) is 22.2. The molecule has 4 N–H and O–H groups in total. The molecule has 10 nitrogen and oxygen atoms in total. The second kappa shape index (κ2) is 18.0. The van der Waals surface area contributed by atoms with E-state index in [0.717, 1.165) is 52.4 Å². The fraction of sp³-hybridized carbons (Fsp3) is 1.00. The second-order valence-corrected chi connectivity index (χ2v) is 6.76. The number of halogens is 6. The minimum absolute atomic E-state index is 0. The number of rotatable bonds is 0. The molecule has 1 saturated heterocycles. The third-order valence-corrected chi connectivity index (χ3v) is 2.37. The summed E-state index contributed by atoms with van der Waals surface area (Å²) < 4.78 is 59.2. The summed E-state index contributed by atoms with van der Waals surface area (Å²) in [7, 11) is -10.7. The van der Waals surface area contributed by atoms with Gasteiger partial charge >= 0.3 is 50.1 Å². The third-order valence-electron chi connectivity index (χ3n) is 2.37. The maximum atomic E-state index is 9.87. The summed E-state index contributed by atoms with van der Waals surface area (Å²) in [6.07, 6.45) is 2.44. The van der Waals surface area contributed by atoms with Crippen molar-refractivity contribution in [1.29, 1.82) is 0 Å². The van der Waals surface area contributed by atoms with Crippen LogP contribution in [0.4, 0.5) is 25.2 Å². The molecular weight excluding hydrogens is 461 g/mol. The van der Waals surface area contributed by atoms with Crippen LogP contribution >= 0.6 is 7.81 Å². The van der Waals surface area contributed by atoms with Crippen LogP contribution in [0.3, 0.4) is 0 Å². The Morgan fingerprint density at radius 2 is 0.643 bits per heavy atom. The van der Waals surface area contributed by atoms with Gasteiger partial charge in [0.25, 0.3) is 0 Å². The van der Waals surface area contributed by atoms with E-state index in [9.17, 15) is 25.2 Å². The molecule has 1 aliphatic heterocycles. The van der Waals surface area contributed by atoms with Gasteiger partial charge < -0.3 is 43.4 Å². The molecular formula is C10H24F6FeN10P. The molecule has 1 heterocycles. The Labute approximate surface area is 169 Å². The fourth-order valence-electron chi connectivity index (χ4n) is 1.53. The number of hydrogen-bond donors (Lipinski definition) is 4. The minimum Gasteiger partial charge on any atom is -0.373 e. The van der Waals surface area contributed by atoms with E-state index in [0.29, 0.717) is 0 Å². The van der Waals surface area contributed by atoms with Gasteiger partial charge in [0.2, 0.25) is 0 Å². The van der Waals surface area contributed by atoms with Gasteiger partial charge in [-0.3, -0.25) is 9.82 Å². The average molecular weight is 485 g/mol. The van der Waals surface area contributed by atoms with Gasteiger partial charge in [-0.1, -0.05) is 0 Å². The zero-order valence-corrected chi connectivity index (χ0v) is 16.8. The molecule has 0 spiro atoms. The van der Waals surface area contributed by atoms with E-state index < -0.39 is 7.81 Å². The largest absolute Gasteiger partial charge is 3.00 e. The van der Waals surface area contributed by atoms with E-state index in [1.165, 1.54) is 22.7 Å². The molecule has 0 aromatic carbocycles. The van der Waals surface area contributed by atoms with Crippen LogP contribution in [0.2, 0.25) is 0 Å². The molecule has 1 aliphatic rings. The van der Waals surface area contributed by atoms with Crippen molar-refractivity contribution in [2.24, 2.45) is 0 Å². The Hall–Kier alpha value is -1.01.